The Bertz CT molecular complexity index is 366. The van der Waals surface area contributed by atoms with E-state index in [-0.39, 0.29) is 11.9 Å². The number of ether oxygens (including phenoxy) is 1. The molecule has 0 aromatic rings. The van der Waals surface area contributed by atoms with Crippen LogP contribution in [0.15, 0.2) is 11.1 Å². The van der Waals surface area contributed by atoms with Crippen LogP contribution in [0.2, 0.25) is 0 Å². The van der Waals surface area contributed by atoms with Crippen LogP contribution in [-0.4, -0.2) is 11.9 Å². The highest BCUT2D eigenvalue weighted by Gasteiger charge is 2.62. The molecule has 13 heavy (non-hydrogen) atoms. The summed E-state index contributed by atoms with van der Waals surface area (Å²) in [6, 6.07) is 0. The number of allylic oxidation sites excluding steroid dienone is 1. The smallest absolute Gasteiger partial charge is 0.342 e. The first-order valence-electron chi connectivity index (χ1n) is 4.63. The molecule has 0 aromatic heterocycles. The molecule has 2 atom stereocenters. The molecule has 1 aliphatic heterocycles. The fraction of sp³-hybridized carbons (Fsp3) is 0.600. The second-order valence-corrected chi connectivity index (χ2v) is 4.26. The molecule has 2 bridgehead atoms. The van der Waals surface area contributed by atoms with Crippen LogP contribution in [-0.2, 0) is 14.3 Å². The normalized spacial score (nSPS) is 41.5. The van der Waals surface area contributed by atoms with Gasteiger partial charge in [0.2, 0.25) is 0 Å². The van der Waals surface area contributed by atoms with Gasteiger partial charge in [0.25, 0.3) is 0 Å². The lowest BCUT2D eigenvalue weighted by Gasteiger charge is -2.16. The third-order valence-electron chi connectivity index (χ3n) is 3.78. The van der Waals surface area contributed by atoms with Gasteiger partial charge in [-0.1, -0.05) is 5.57 Å². The number of cyclic esters (lactones) is 2. The first-order chi connectivity index (χ1) is 6.15. The quantitative estimate of drug-likeness (QED) is 0.413. The Labute approximate surface area is 75.8 Å². The highest BCUT2D eigenvalue weighted by atomic mass is 16.6. The van der Waals surface area contributed by atoms with E-state index in [1.165, 1.54) is 0 Å². The molecule has 1 saturated carbocycles. The molecule has 1 heterocycles. The Hall–Kier alpha value is -1.12. The molecule has 2 fully saturated rings. The summed E-state index contributed by atoms with van der Waals surface area (Å²) < 4.78 is 4.68. The predicted molar refractivity (Wildman–Crippen MR) is 43.6 cm³/mol. The van der Waals surface area contributed by atoms with Crippen molar-refractivity contribution in [2.45, 2.75) is 26.2 Å². The van der Waals surface area contributed by atoms with Gasteiger partial charge in [0.05, 0.1) is 5.57 Å². The molecule has 3 aliphatic rings. The van der Waals surface area contributed by atoms with E-state index in [0.717, 1.165) is 24.8 Å². The maximum Gasteiger partial charge on any atom is 0.342 e. The molecular formula is C10H10O3. The minimum absolute atomic E-state index is 0.299. The molecule has 0 N–H and O–H groups in total. The van der Waals surface area contributed by atoms with Gasteiger partial charge in [-0.25, -0.2) is 4.79 Å². The van der Waals surface area contributed by atoms with Crippen LogP contribution < -0.4 is 0 Å². The van der Waals surface area contributed by atoms with Gasteiger partial charge in [-0.3, -0.25) is 4.79 Å². The van der Waals surface area contributed by atoms with Crippen molar-refractivity contribution in [2.75, 3.05) is 0 Å². The molecule has 68 valence electrons. The number of esters is 2. The highest BCUT2D eigenvalue weighted by Crippen LogP contribution is 2.60. The van der Waals surface area contributed by atoms with Crippen LogP contribution in [0.1, 0.15) is 26.2 Å². The van der Waals surface area contributed by atoms with Gasteiger partial charge >= 0.3 is 11.9 Å². The second-order valence-electron chi connectivity index (χ2n) is 4.26. The van der Waals surface area contributed by atoms with Crippen LogP contribution in [0.5, 0.6) is 0 Å². The standard InChI is InChI=1S/C10H10O3/c1-5-6-2-3-10(4-6)7(5)8(11)13-9(10)12/h6H,2-4H2,1H3. The molecule has 0 radical (unpaired) electrons. The van der Waals surface area contributed by atoms with E-state index in [1.54, 1.807) is 0 Å². The van der Waals surface area contributed by atoms with Crippen molar-refractivity contribution in [3.63, 3.8) is 0 Å². The van der Waals surface area contributed by atoms with Crippen molar-refractivity contribution >= 4 is 11.9 Å². The molecule has 1 spiro atoms. The molecule has 2 aliphatic carbocycles. The summed E-state index contributed by atoms with van der Waals surface area (Å²) in [6.45, 7) is 1.96. The molecule has 3 nitrogen and oxygen atoms in total. The third-order valence-corrected chi connectivity index (χ3v) is 3.78. The van der Waals surface area contributed by atoms with Crippen molar-refractivity contribution in [1.29, 1.82) is 0 Å². The first-order valence-corrected chi connectivity index (χ1v) is 4.63. The van der Waals surface area contributed by atoms with Gasteiger partial charge in [0.1, 0.15) is 5.41 Å². The van der Waals surface area contributed by atoms with E-state index < -0.39 is 5.41 Å². The zero-order valence-corrected chi connectivity index (χ0v) is 7.42. The number of carbonyl (C=O) groups is 2. The Morgan fingerprint density at radius 3 is 2.92 bits per heavy atom. The summed E-state index contributed by atoms with van der Waals surface area (Å²) in [7, 11) is 0. The molecular weight excluding hydrogens is 168 g/mol. The largest absolute Gasteiger partial charge is 0.389 e. The average Bonchev–Trinajstić information content (AvgIpc) is 2.66. The summed E-state index contributed by atoms with van der Waals surface area (Å²) >= 11 is 0. The van der Waals surface area contributed by atoms with E-state index >= 15 is 0 Å². The summed E-state index contributed by atoms with van der Waals surface area (Å²) in [6.07, 6.45) is 2.67. The number of hydrogen-bond donors (Lipinski definition) is 0. The Morgan fingerprint density at radius 1 is 1.46 bits per heavy atom. The van der Waals surface area contributed by atoms with Crippen LogP contribution in [0.4, 0.5) is 0 Å². The molecule has 0 aromatic carbocycles. The number of hydrogen-bond acceptors (Lipinski definition) is 3. The highest BCUT2D eigenvalue weighted by molar-refractivity contribution is 6.11. The lowest BCUT2D eigenvalue weighted by atomic mass is 9.81. The molecule has 1 saturated heterocycles. The van der Waals surface area contributed by atoms with Gasteiger partial charge < -0.3 is 4.74 Å². The van der Waals surface area contributed by atoms with E-state index in [4.69, 9.17) is 0 Å². The van der Waals surface area contributed by atoms with Crippen LogP contribution in [0.25, 0.3) is 0 Å². The zero-order chi connectivity index (χ0) is 9.22. The SMILES string of the molecule is CC1=C2C(=O)OC(=O)C23CCC1C3. The van der Waals surface area contributed by atoms with Gasteiger partial charge in [-0.15, -0.1) is 0 Å². The van der Waals surface area contributed by atoms with E-state index in [0.29, 0.717) is 11.5 Å². The van der Waals surface area contributed by atoms with Gasteiger partial charge in [-0.05, 0) is 32.1 Å². The fourth-order valence-corrected chi connectivity index (χ4v) is 3.10. The monoisotopic (exact) mass is 178 g/mol. The maximum absolute atomic E-state index is 11.5. The van der Waals surface area contributed by atoms with Crippen LogP contribution >= 0.6 is 0 Å². The predicted octanol–water partition coefficient (Wildman–Crippen LogP) is 1.19. The zero-order valence-electron chi connectivity index (χ0n) is 7.42. The summed E-state index contributed by atoms with van der Waals surface area (Å²) in [5, 5.41) is 0. The molecule has 0 amide bonds. The van der Waals surface area contributed by atoms with E-state index in [1.807, 2.05) is 6.92 Å². The van der Waals surface area contributed by atoms with Crippen molar-refractivity contribution < 1.29 is 14.3 Å². The van der Waals surface area contributed by atoms with Crippen LogP contribution in [0.3, 0.4) is 0 Å². The van der Waals surface area contributed by atoms with Crippen molar-refractivity contribution in [3.8, 4) is 0 Å². The van der Waals surface area contributed by atoms with Crippen molar-refractivity contribution in [1.82, 2.24) is 0 Å². The summed E-state index contributed by atoms with van der Waals surface area (Å²) in [4.78, 5) is 22.9. The maximum atomic E-state index is 11.5. The van der Waals surface area contributed by atoms with Crippen molar-refractivity contribution in [3.05, 3.63) is 11.1 Å². The van der Waals surface area contributed by atoms with Crippen molar-refractivity contribution in [2.24, 2.45) is 11.3 Å². The van der Waals surface area contributed by atoms with Gasteiger partial charge in [-0.2, -0.15) is 0 Å². The fourth-order valence-electron chi connectivity index (χ4n) is 3.10. The van der Waals surface area contributed by atoms with Gasteiger partial charge in [0, 0.05) is 0 Å². The molecule has 3 heteroatoms. The van der Waals surface area contributed by atoms with Crippen LogP contribution in [0, 0.1) is 11.3 Å². The van der Waals surface area contributed by atoms with E-state index in [9.17, 15) is 9.59 Å². The summed E-state index contributed by atoms with van der Waals surface area (Å²) in [5.41, 5.74) is 1.28. The third kappa shape index (κ3) is 0.598. The second kappa shape index (κ2) is 1.86. The van der Waals surface area contributed by atoms with Gasteiger partial charge in [0.15, 0.2) is 0 Å². The average molecular weight is 178 g/mol. The molecule has 3 rings (SSSR count). The minimum Gasteiger partial charge on any atom is -0.389 e. The lowest BCUT2D eigenvalue weighted by Crippen LogP contribution is -2.22. The number of carbonyl (C=O) groups excluding carboxylic acids is 2. The van der Waals surface area contributed by atoms with E-state index in [2.05, 4.69) is 4.74 Å². The molecule has 2 unspecified atom stereocenters. The Balaban J connectivity index is 2.27. The minimum atomic E-state index is -0.508. The topological polar surface area (TPSA) is 43.4 Å². The first kappa shape index (κ1) is 7.30. The lowest BCUT2D eigenvalue weighted by molar-refractivity contribution is -0.155. The Kier molecular flexibility index (Phi) is 1.05. The summed E-state index contributed by atoms with van der Waals surface area (Å²) in [5.74, 6) is -0.219. The number of rotatable bonds is 0. The number of fused-ring (bicyclic) bond motifs is 1. The Morgan fingerprint density at radius 2 is 2.23 bits per heavy atom.